The largest absolute Gasteiger partial charge is 0.311 e. The molecule has 86 heavy (non-hydrogen) atoms. The van der Waals surface area contributed by atoms with Crippen LogP contribution in [0.5, 0.6) is 0 Å². The van der Waals surface area contributed by atoms with Gasteiger partial charge in [0, 0.05) is 67.3 Å². The van der Waals surface area contributed by atoms with Crippen LogP contribution in [0.1, 0.15) is 105 Å². The minimum absolute atomic E-state index is 0.0154. The van der Waals surface area contributed by atoms with Gasteiger partial charge in [-0.25, -0.2) is 15.0 Å². The van der Waals surface area contributed by atoms with Crippen LogP contribution in [-0.4, -0.2) is 26.2 Å². The Balaban J connectivity index is 1.01. The Bertz CT molecular complexity index is 4370. The molecule has 422 valence electrons. The Labute approximate surface area is 508 Å². The lowest BCUT2D eigenvalue weighted by Gasteiger charge is -2.45. The molecule has 0 fully saturated rings. The van der Waals surface area contributed by atoms with Crippen molar-refractivity contribution in [3.05, 3.63) is 247 Å². The van der Waals surface area contributed by atoms with E-state index in [0.717, 1.165) is 44.5 Å². The standard InChI is InChI=1S/C79H73BN6/c1-76(2,3)55-44-56(77(4,5)6)47-60(46-55)85-68-36-23-20-33-64(68)80-65-34-21-24-37-69(65)86(61-48-57(78(7,8)9)45-58(49-61)79(10,11)12)71-43-54(42-70(85)72(71)80)52-38-39-67-63(41-52)62-32-19-22-35-66(62)84(67)59-31-25-30-53(40-59)75-82-73(50-26-15-13-16-27-50)81-74(83-75)51-28-17-14-18-29-51/h13-49H,1-12H3. The quantitative estimate of drug-likeness (QED) is 0.149. The molecule has 0 aliphatic carbocycles. The minimum atomic E-state index is -0.0891. The highest BCUT2D eigenvalue weighted by atomic mass is 15.2. The Morgan fingerprint density at radius 1 is 0.291 bits per heavy atom. The van der Waals surface area contributed by atoms with Crippen LogP contribution in [-0.2, 0) is 21.7 Å². The summed E-state index contributed by atoms with van der Waals surface area (Å²) in [6, 6.07) is 83.1. The molecule has 14 rings (SSSR count). The molecule has 0 N–H and O–H groups in total. The van der Waals surface area contributed by atoms with E-state index in [2.05, 4.69) is 286 Å². The molecule has 10 aromatic carbocycles. The summed E-state index contributed by atoms with van der Waals surface area (Å²) < 4.78 is 2.40. The summed E-state index contributed by atoms with van der Waals surface area (Å²) in [5.41, 5.74) is 24.3. The summed E-state index contributed by atoms with van der Waals surface area (Å²) in [7, 11) is 0. The van der Waals surface area contributed by atoms with Gasteiger partial charge in [-0.15, -0.1) is 0 Å². The van der Waals surface area contributed by atoms with E-state index in [9.17, 15) is 0 Å². The van der Waals surface area contributed by atoms with Crippen molar-refractivity contribution in [3.63, 3.8) is 0 Å². The van der Waals surface area contributed by atoms with E-state index in [1.165, 1.54) is 83.5 Å². The fraction of sp³-hybridized carbons (Fsp3) is 0.203. The van der Waals surface area contributed by atoms with Crippen molar-refractivity contribution in [3.8, 4) is 51.0 Å². The molecule has 2 aliphatic rings. The molecule has 0 radical (unpaired) electrons. The molecular weight excluding hydrogens is 1040 g/mol. The molecule has 2 aromatic heterocycles. The number of rotatable bonds is 7. The zero-order valence-corrected chi connectivity index (χ0v) is 51.6. The van der Waals surface area contributed by atoms with Gasteiger partial charge in [-0.05, 0) is 150 Å². The van der Waals surface area contributed by atoms with Crippen molar-refractivity contribution in [1.82, 2.24) is 19.5 Å². The number of nitrogens with zero attached hydrogens (tertiary/aromatic N) is 6. The second kappa shape index (κ2) is 20.2. The molecule has 4 heterocycles. The van der Waals surface area contributed by atoms with Crippen molar-refractivity contribution in [2.45, 2.75) is 105 Å². The third-order valence-electron chi connectivity index (χ3n) is 17.8. The normalized spacial score (nSPS) is 13.3. The molecule has 0 saturated carbocycles. The van der Waals surface area contributed by atoms with Crippen LogP contribution in [0.15, 0.2) is 224 Å². The van der Waals surface area contributed by atoms with Gasteiger partial charge in [0.25, 0.3) is 6.71 Å². The van der Waals surface area contributed by atoms with Gasteiger partial charge in [0.15, 0.2) is 17.5 Å². The summed E-state index contributed by atoms with van der Waals surface area (Å²) in [6.07, 6.45) is 0. The maximum atomic E-state index is 5.14. The highest BCUT2D eigenvalue weighted by Gasteiger charge is 2.44. The minimum Gasteiger partial charge on any atom is -0.311 e. The predicted molar refractivity (Wildman–Crippen MR) is 365 cm³/mol. The summed E-state index contributed by atoms with van der Waals surface area (Å²) >= 11 is 0. The van der Waals surface area contributed by atoms with Gasteiger partial charge in [0.1, 0.15) is 0 Å². The summed E-state index contributed by atoms with van der Waals surface area (Å²) in [6.45, 7) is 28.1. The van der Waals surface area contributed by atoms with Crippen molar-refractivity contribution >= 4 is 79.0 Å². The average molecular weight is 1120 g/mol. The fourth-order valence-corrected chi connectivity index (χ4v) is 13.0. The summed E-state index contributed by atoms with van der Waals surface area (Å²) in [5, 5.41) is 2.36. The van der Waals surface area contributed by atoms with E-state index in [1.54, 1.807) is 0 Å². The first-order valence-electron chi connectivity index (χ1n) is 30.5. The molecule has 0 atom stereocenters. The monoisotopic (exact) mass is 1120 g/mol. The highest BCUT2D eigenvalue weighted by molar-refractivity contribution is 7.00. The molecule has 2 aliphatic heterocycles. The Hall–Kier alpha value is -9.33. The van der Waals surface area contributed by atoms with Crippen molar-refractivity contribution < 1.29 is 0 Å². The van der Waals surface area contributed by atoms with Crippen LogP contribution in [0.3, 0.4) is 0 Å². The van der Waals surface area contributed by atoms with Gasteiger partial charge in [-0.1, -0.05) is 229 Å². The Morgan fingerprint density at radius 2 is 0.709 bits per heavy atom. The van der Waals surface area contributed by atoms with E-state index in [-0.39, 0.29) is 28.4 Å². The molecule has 0 unspecified atom stereocenters. The first-order valence-corrected chi connectivity index (χ1v) is 30.5. The molecule has 7 heteroatoms. The number of para-hydroxylation sites is 3. The van der Waals surface area contributed by atoms with E-state index in [0.29, 0.717) is 17.5 Å². The van der Waals surface area contributed by atoms with Gasteiger partial charge >= 0.3 is 0 Å². The number of aromatic nitrogens is 4. The van der Waals surface area contributed by atoms with Crippen LogP contribution >= 0.6 is 0 Å². The predicted octanol–water partition coefficient (Wildman–Crippen LogP) is 18.9. The first-order chi connectivity index (χ1) is 41.2. The van der Waals surface area contributed by atoms with Gasteiger partial charge < -0.3 is 14.4 Å². The van der Waals surface area contributed by atoms with Crippen LogP contribution in [0, 0.1) is 0 Å². The molecule has 0 amide bonds. The maximum Gasteiger partial charge on any atom is 0.252 e. The molecule has 6 nitrogen and oxygen atoms in total. The lowest BCUT2D eigenvalue weighted by molar-refractivity contribution is 0.568. The number of hydrogen-bond acceptors (Lipinski definition) is 5. The smallest absolute Gasteiger partial charge is 0.252 e. The first kappa shape index (κ1) is 54.6. The van der Waals surface area contributed by atoms with E-state index < -0.39 is 0 Å². The van der Waals surface area contributed by atoms with E-state index in [1.807, 2.05) is 36.4 Å². The third-order valence-corrected chi connectivity index (χ3v) is 17.8. The van der Waals surface area contributed by atoms with Crippen LogP contribution in [0.25, 0.3) is 72.8 Å². The fourth-order valence-electron chi connectivity index (χ4n) is 13.0. The lowest BCUT2D eigenvalue weighted by atomic mass is 9.33. The molecule has 0 bridgehead atoms. The maximum absolute atomic E-state index is 5.14. The summed E-state index contributed by atoms with van der Waals surface area (Å²) in [5.74, 6) is 1.89. The number of hydrogen-bond donors (Lipinski definition) is 0. The molecular formula is C79H73BN6. The average Bonchev–Trinajstić information content (AvgIpc) is 1.01. The van der Waals surface area contributed by atoms with Gasteiger partial charge in [-0.3, -0.25) is 0 Å². The number of benzene rings is 10. The SMILES string of the molecule is CC(C)(C)c1cc(N2c3ccccc3B3c4ccccc4N(c4cc(C(C)(C)C)cc(C(C)(C)C)c4)c4cc(-c5ccc6c(c5)c5ccccc5n6-c5cccc(-c6nc(-c7ccccc7)nc(-c7ccccc7)n6)c5)cc2c43)cc(C(C)(C)C)c1. The zero-order valence-electron chi connectivity index (χ0n) is 51.6. The Kier molecular flexibility index (Phi) is 12.8. The second-order valence-electron chi connectivity index (χ2n) is 27.9. The molecule has 0 saturated heterocycles. The van der Waals surface area contributed by atoms with Crippen molar-refractivity contribution in [2.24, 2.45) is 0 Å². The number of fused-ring (bicyclic) bond motifs is 7. The zero-order chi connectivity index (χ0) is 59.6. The van der Waals surface area contributed by atoms with Crippen molar-refractivity contribution in [1.29, 1.82) is 0 Å². The number of anilines is 6. The van der Waals surface area contributed by atoms with Gasteiger partial charge in [0.05, 0.1) is 11.0 Å². The topological polar surface area (TPSA) is 50.1 Å². The van der Waals surface area contributed by atoms with Crippen LogP contribution in [0.4, 0.5) is 34.1 Å². The summed E-state index contributed by atoms with van der Waals surface area (Å²) in [4.78, 5) is 20.5. The van der Waals surface area contributed by atoms with Crippen LogP contribution in [0.2, 0.25) is 0 Å². The highest BCUT2D eigenvalue weighted by Crippen LogP contribution is 2.49. The lowest BCUT2D eigenvalue weighted by Crippen LogP contribution is -2.61. The van der Waals surface area contributed by atoms with E-state index >= 15 is 0 Å². The van der Waals surface area contributed by atoms with Gasteiger partial charge in [-0.2, -0.15) is 0 Å². The third kappa shape index (κ3) is 9.49. The van der Waals surface area contributed by atoms with Crippen molar-refractivity contribution in [2.75, 3.05) is 9.80 Å². The molecule has 0 spiro atoms. The van der Waals surface area contributed by atoms with Crippen LogP contribution < -0.4 is 26.2 Å². The van der Waals surface area contributed by atoms with Gasteiger partial charge in [0.2, 0.25) is 0 Å². The van der Waals surface area contributed by atoms with E-state index in [4.69, 9.17) is 15.0 Å². The Morgan fingerprint density at radius 3 is 1.20 bits per heavy atom. The molecule has 12 aromatic rings. The second-order valence-corrected chi connectivity index (χ2v) is 27.9.